The van der Waals surface area contributed by atoms with Crippen LogP contribution in [0.15, 0.2) is 17.1 Å². The number of fused-ring (bicyclic) bond motifs is 1. The van der Waals surface area contributed by atoms with Crippen LogP contribution in [0.4, 0.5) is 0 Å². The summed E-state index contributed by atoms with van der Waals surface area (Å²) in [4.78, 5) is 50.4. The van der Waals surface area contributed by atoms with Crippen LogP contribution in [0.2, 0.25) is 0 Å². The molecule has 1 saturated carbocycles. The Morgan fingerprint density at radius 2 is 1.97 bits per heavy atom. The number of carbonyl (C=O) groups is 2. The first kappa shape index (κ1) is 20.9. The lowest BCUT2D eigenvalue weighted by molar-refractivity contribution is -0.136. The number of aryl methyl sites for hydroxylation is 1. The second-order valence-electron chi connectivity index (χ2n) is 9.06. The molecule has 32 heavy (non-hydrogen) atoms. The van der Waals surface area contributed by atoms with E-state index in [1.807, 2.05) is 11.8 Å². The molecule has 0 aromatic carbocycles. The molecule has 2 fully saturated rings. The van der Waals surface area contributed by atoms with Gasteiger partial charge in [-0.25, -0.2) is 4.98 Å². The highest BCUT2D eigenvalue weighted by Crippen LogP contribution is 2.35. The SMILES string of the molecule is CCn1nccc1C(=O)N1CCc2nc([C@H]3CCCN3C(=O)C3CCCC3)[nH]c(=O)c2C1. The molecule has 0 spiro atoms. The summed E-state index contributed by atoms with van der Waals surface area (Å²) < 4.78 is 1.67. The number of aromatic amines is 1. The highest BCUT2D eigenvalue weighted by Gasteiger charge is 2.37. The minimum absolute atomic E-state index is 0.121. The molecule has 5 rings (SSSR count). The summed E-state index contributed by atoms with van der Waals surface area (Å²) in [6.45, 7) is 4.03. The van der Waals surface area contributed by atoms with Crippen LogP contribution in [0.1, 0.15) is 79.1 Å². The second-order valence-corrected chi connectivity index (χ2v) is 9.06. The number of nitrogens with one attached hydrogen (secondary N) is 1. The highest BCUT2D eigenvalue weighted by molar-refractivity contribution is 5.92. The Hall–Kier alpha value is -2.97. The quantitative estimate of drug-likeness (QED) is 0.787. The topological polar surface area (TPSA) is 104 Å². The van der Waals surface area contributed by atoms with Gasteiger partial charge in [-0.05, 0) is 38.7 Å². The number of H-pyrrole nitrogens is 1. The van der Waals surface area contributed by atoms with Crippen molar-refractivity contribution in [2.75, 3.05) is 13.1 Å². The minimum atomic E-state index is -0.202. The largest absolute Gasteiger partial charge is 0.332 e. The van der Waals surface area contributed by atoms with Gasteiger partial charge in [0.1, 0.15) is 11.5 Å². The Bertz CT molecular complexity index is 1080. The number of amides is 2. The van der Waals surface area contributed by atoms with E-state index >= 15 is 0 Å². The average Bonchev–Trinajstić information content (AvgIpc) is 3.59. The molecule has 9 nitrogen and oxygen atoms in total. The van der Waals surface area contributed by atoms with Gasteiger partial charge in [0, 0.05) is 38.2 Å². The molecule has 2 aliphatic heterocycles. The van der Waals surface area contributed by atoms with E-state index in [9.17, 15) is 14.4 Å². The van der Waals surface area contributed by atoms with Gasteiger partial charge in [0.2, 0.25) is 5.91 Å². The summed E-state index contributed by atoms with van der Waals surface area (Å²) in [6, 6.07) is 1.56. The average molecular weight is 439 g/mol. The van der Waals surface area contributed by atoms with Crippen molar-refractivity contribution in [3.05, 3.63) is 45.4 Å². The van der Waals surface area contributed by atoms with Crippen LogP contribution in [0, 0.1) is 5.92 Å². The van der Waals surface area contributed by atoms with Crippen molar-refractivity contribution in [1.82, 2.24) is 29.5 Å². The van der Waals surface area contributed by atoms with Crippen molar-refractivity contribution in [1.29, 1.82) is 0 Å². The number of likely N-dealkylation sites (tertiary alicyclic amines) is 1. The highest BCUT2D eigenvalue weighted by atomic mass is 16.2. The Labute approximate surface area is 186 Å². The van der Waals surface area contributed by atoms with Gasteiger partial charge in [0.25, 0.3) is 11.5 Å². The lowest BCUT2D eigenvalue weighted by Gasteiger charge is -2.30. The maximum Gasteiger partial charge on any atom is 0.272 e. The van der Waals surface area contributed by atoms with E-state index in [0.717, 1.165) is 50.8 Å². The zero-order valence-corrected chi connectivity index (χ0v) is 18.5. The molecule has 2 amide bonds. The molecule has 3 aliphatic rings. The Morgan fingerprint density at radius 3 is 2.75 bits per heavy atom. The molecule has 170 valence electrons. The Balaban J connectivity index is 1.37. The third-order valence-electron chi connectivity index (χ3n) is 7.17. The first-order valence-corrected chi connectivity index (χ1v) is 11.8. The smallest absolute Gasteiger partial charge is 0.272 e. The van der Waals surface area contributed by atoms with E-state index in [2.05, 4.69) is 10.1 Å². The van der Waals surface area contributed by atoms with Crippen molar-refractivity contribution in [2.24, 2.45) is 5.92 Å². The fourth-order valence-corrected chi connectivity index (χ4v) is 5.43. The van der Waals surface area contributed by atoms with Gasteiger partial charge in [-0.3, -0.25) is 19.1 Å². The molecule has 1 atom stereocenters. The van der Waals surface area contributed by atoms with Gasteiger partial charge < -0.3 is 14.8 Å². The van der Waals surface area contributed by atoms with Crippen LogP contribution in [-0.4, -0.2) is 54.5 Å². The van der Waals surface area contributed by atoms with Gasteiger partial charge in [0.15, 0.2) is 0 Å². The fraction of sp³-hybridized carbons (Fsp3) is 0.609. The molecular weight excluding hydrogens is 408 g/mol. The lowest BCUT2D eigenvalue weighted by Crippen LogP contribution is -2.41. The molecule has 1 aliphatic carbocycles. The van der Waals surface area contributed by atoms with Gasteiger partial charge >= 0.3 is 0 Å². The number of nitrogens with zero attached hydrogens (tertiary/aromatic N) is 5. The van der Waals surface area contributed by atoms with E-state index in [-0.39, 0.29) is 35.9 Å². The minimum Gasteiger partial charge on any atom is -0.332 e. The predicted octanol–water partition coefficient (Wildman–Crippen LogP) is 2.04. The summed E-state index contributed by atoms with van der Waals surface area (Å²) in [5.41, 5.74) is 1.62. The van der Waals surface area contributed by atoms with Crippen molar-refractivity contribution in [3.63, 3.8) is 0 Å². The predicted molar refractivity (Wildman–Crippen MR) is 117 cm³/mol. The van der Waals surface area contributed by atoms with Crippen molar-refractivity contribution < 1.29 is 9.59 Å². The first-order chi connectivity index (χ1) is 15.6. The fourth-order valence-electron chi connectivity index (χ4n) is 5.43. The molecule has 0 bridgehead atoms. The molecule has 1 N–H and O–H groups in total. The summed E-state index contributed by atoms with van der Waals surface area (Å²) in [7, 11) is 0. The Kier molecular flexibility index (Phi) is 5.57. The molecular formula is C23H30N6O3. The number of hydrogen-bond donors (Lipinski definition) is 1. The van der Waals surface area contributed by atoms with E-state index in [1.165, 1.54) is 0 Å². The Morgan fingerprint density at radius 1 is 1.16 bits per heavy atom. The van der Waals surface area contributed by atoms with E-state index in [0.29, 0.717) is 36.6 Å². The van der Waals surface area contributed by atoms with Crippen LogP contribution < -0.4 is 5.56 Å². The van der Waals surface area contributed by atoms with E-state index in [4.69, 9.17) is 4.98 Å². The maximum atomic E-state index is 13.0. The van der Waals surface area contributed by atoms with E-state index in [1.54, 1.807) is 21.8 Å². The third kappa shape index (κ3) is 3.63. The monoisotopic (exact) mass is 438 g/mol. The zero-order valence-electron chi connectivity index (χ0n) is 18.5. The number of carbonyl (C=O) groups excluding carboxylic acids is 2. The molecule has 1 saturated heterocycles. The molecule has 0 unspecified atom stereocenters. The van der Waals surface area contributed by atoms with E-state index < -0.39 is 0 Å². The first-order valence-electron chi connectivity index (χ1n) is 11.8. The number of aromatic nitrogens is 4. The van der Waals surface area contributed by atoms with Crippen molar-refractivity contribution in [2.45, 2.75) is 71.0 Å². The summed E-state index contributed by atoms with van der Waals surface area (Å²) >= 11 is 0. The molecule has 2 aromatic heterocycles. The molecule has 4 heterocycles. The third-order valence-corrected chi connectivity index (χ3v) is 7.17. The number of hydrogen-bond acceptors (Lipinski definition) is 5. The van der Waals surface area contributed by atoms with Gasteiger partial charge in [0.05, 0.1) is 23.8 Å². The molecule has 9 heteroatoms. The van der Waals surface area contributed by atoms with Crippen LogP contribution in [0.3, 0.4) is 0 Å². The molecule has 2 aromatic rings. The van der Waals surface area contributed by atoms with Crippen LogP contribution in [0.25, 0.3) is 0 Å². The van der Waals surface area contributed by atoms with Crippen molar-refractivity contribution in [3.8, 4) is 0 Å². The number of rotatable bonds is 4. The summed E-state index contributed by atoms with van der Waals surface area (Å²) in [5.74, 6) is 0.815. The van der Waals surface area contributed by atoms with Gasteiger partial charge in [-0.1, -0.05) is 12.8 Å². The zero-order chi connectivity index (χ0) is 22.2. The normalized spacial score (nSPS) is 21.2. The van der Waals surface area contributed by atoms with Crippen LogP contribution in [-0.2, 0) is 24.3 Å². The molecule has 0 radical (unpaired) electrons. The summed E-state index contributed by atoms with van der Waals surface area (Å²) in [5, 5.41) is 4.17. The maximum absolute atomic E-state index is 13.0. The van der Waals surface area contributed by atoms with Crippen LogP contribution in [0.5, 0.6) is 0 Å². The second kappa shape index (κ2) is 8.52. The van der Waals surface area contributed by atoms with Crippen LogP contribution >= 0.6 is 0 Å². The van der Waals surface area contributed by atoms with Gasteiger partial charge in [-0.2, -0.15) is 5.10 Å². The standard InChI is InChI=1S/C23H30N6O3/c1-2-29-19(9-11-24-29)23(32)27-13-10-17-16(14-27)21(30)26-20(25-17)18-8-5-12-28(18)22(31)15-6-3-4-7-15/h9,11,15,18H,2-8,10,12-14H2,1H3,(H,25,26,30)/t18-/m1/s1. The lowest BCUT2D eigenvalue weighted by atomic mass is 10.0. The summed E-state index contributed by atoms with van der Waals surface area (Å²) in [6.07, 6.45) is 8.09. The van der Waals surface area contributed by atoms with Crippen molar-refractivity contribution >= 4 is 11.8 Å². The van der Waals surface area contributed by atoms with Gasteiger partial charge in [-0.15, -0.1) is 0 Å².